The molecule has 3 rings (SSSR count). The fourth-order valence-corrected chi connectivity index (χ4v) is 3.52. The number of aromatic nitrogens is 2. The number of aryl methyl sites for hydroxylation is 1. The molecule has 0 saturated carbocycles. The van der Waals surface area contributed by atoms with Gasteiger partial charge in [-0.3, -0.25) is 4.68 Å². The summed E-state index contributed by atoms with van der Waals surface area (Å²) in [5.74, 6) is 0.897. The van der Waals surface area contributed by atoms with Crippen LogP contribution in [0.25, 0.3) is 0 Å². The summed E-state index contributed by atoms with van der Waals surface area (Å²) in [6.07, 6.45) is 0. The van der Waals surface area contributed by atoms with Crippen molar-refractivity contribution in [2.45, 2.75) is 33.5 Å². The van der Waals surface area contributed by atoms with Crippen molar-refractivity contribution in [3.05, 3.63) is 81.1 Å². The van der Waals surface area contributed by atoms with Gasteiger partial charge in [0.1, 0.15) is 5.75 Å². The van der Waals surface area contributed by atoms with Crippen LogP contribution >= 0.6 is 15.9 Å². The summed E-state index contributed by atoms with van der Waals surface area (Å²) in [6.45, 7) is 6.53. The first-order valence-electron chi connectivity index (χ1n) is 8.68. The summed E-state index contributed by atoms with van der Waals surface area (Å²) in [5.41, 5.74) is 5.94. The first-order chi connectivity index (χ1) is 12.6. The van der Waals surface area contributed by atoms with Gasteiger partial charge in [-0.25, -0.2) is 0 Å². The van der Waals surface area contributed by atoms with E-state index in [9.17, 15) is 0 Å². The average Bonchev–Trinajstić information content (AvgIpc) is 2.90. The van der Waals surface area contributed by atoms with Crippen LogP contribution in [0.2, 0.25) is 0 Å². The molecule has 0 aliphatic heterocycles. The van der Waals surface area contributed by atoms with Gasteiger partial charge >= 0.3 is 0 Å². The molecule has 0 unspecified atom stereocenters. The Kier molecular flexibility index (Phi) is 6.12. The highest BCUT2D eigenvalue weighted by molar-refractivity contribution is 9.10. The summed E-state index contributed by atoms with van der Waals surface area (Å²) in [5, 5.41) is 8.25. The average molecular weight is 414 g/mol. The molecule has 2 aromatic carbocycles. The summed E-state index contributed by atoms with van der Waals surface area (Å²) in [6, 6.07) is 16.5. The summed E-state index contributed by atoms with van der Waals surface area (Å²) in [4.78, 5) is 0. The molecular formula is C21H24BrN3O. The quantitative estimate of drug-likeness (QED) is 0.614. The van der Waals surface area contributed by atoms with Gasteiger partial charge in [0.15, 0.2) is 0 Å². The predicted molar refractivity (Wildman–Crippen MR) is 108 cm³/mol. The molecule has 1 heterocycles. The van der Waals surface area contributed by atoms with E-state index in [1.165, 1.54) is 16.8 Å². The van der Waals surface area contributed by atoms with E-state index in [2.05, 4.69) is 70.1 Å². The zero-order valence-electron chi connectivity index (χ0n) is 15.4. The van der Waals surface area contributed by atoms with E-state index >= 15 is 0 Å². The fraction of sp³-hybridized carbons (Fsp3) is 0.286. The Labute approximate surface area is 163 Å². The van der Waals surface area contributed by atoms with Crippen molar-refractivity contribution in [2.24, 2.45) is 0 Å². The van der Waals surface area contributed by atoms with Gasteiger partial charge in [-0.05, 0) is 37.6 Å². The number of methoxy groups -OCH3 is 1. The lowest BCUT2D eigenvalue weighted by Crippen LogP contribution is -2.15. The van der Waals surface area contributed by atoms with Crippen molar-refractivity contribution in [1.82, 2.24) is 15.1 Å². The molecule has 0 bridgehead atoms. The topological polar surface area (TPSA) is 39.1 Å². The minimum Gasteiger partial charge on any atom is -0.496 e. The molecule has 0 radical (unpaired) electrons. The van der Waals surface area contributed by atoms with Crippen LogP contribution < -0.4 is 10.1 Å². The molecule has 0 spiro atoms. The predicted octanol–water partition coefficient (Wildman–Crippen LogP) is 4.61. The van der Waals surface area contributed by atoms with Crippen LogP contribution in [0.5, 0.6) is 5.75 Å². The maximum atomic E-state index is 5.44. The Morgan fingerprint density at radius 1 is 1.08 bits per heavy atom. The van der Waals surface area contributed by atoms with Crippen LogP contribution in [0.3, 0.4) is 0 Å². The van der Waals surface area contributed by atoms with E-state index < -0.39 is 0 Å². The summed E-state index contributed by atoms with van der Waals surface area (Å²) >= 11 is 3.52. The van der Waals surface area contributed by atoms with Gasteiger partial charge in [0.25, 0.3) is 0 Å². The van der Waals surface area contributed by atoms with Gasteiger partial charge in [0.05, 0.1) is 19.3 Å². The molecule has 1 N–H and O–H groups in total. The Hall–Kier alpha value is -2.11. The minimum atomic E-state index is 0.741. The normalized spacial score (nSPS) is 10.9. The smallest absolute Gasteiger partial charge is 0.123 e. The number of hydrogen-bond donors (Lipinski definition) is 1. The van der Waals surface area contributed by atoms with E-state index in [-0.39, 0.29) is 0 Å². The van der Waals surface area contributed by atoms with Gasteiger partial charge in [-0.2, -0.15) is 5.10 Å². The van der Waals surface area contributed by atoms with Crippen LogP contribution in [0.1, 0.15) is 28.1 Å². The third kappa shape index (κ3) is 4.34. The van der Waals surface area contributed by atoms with Crippen LogP contribution in [-0.2, 0) is 19.6 Å². The zero-order chi connectivity index (χ0) is 18.5. The van der Waals surface area contributed by atoms with Gasteiger partial charge in [-0.1, -0.05) is 46.3 Å². The highest BCUT2D eigenvalue weighted by atomic mass is 79.9. The SMILES string of the molecule is COc1ccc(Br)cc1CNCc1c(C)nn(Cc2ccccc2)c1C. The Bertz CT molecular complexity index is 874. The molecule has 5 heteroatoms. The Balaban J connectivity index is 1.68. The molecular weight excluding hydrogens is 390 g/mol. The third-order valence-electron chi connectivity index (χ3n) is 4.57. The van der Waals surface area contributed by atoms with Gasteiger partial charge in [-0.15, -0.1) is 0 Å². The van der Waals surface area contributed by atoms with Crippen molar-refractivity contribution < 1.29 is 4.74 Å². The van der Waals surface area contributed by atoms with E-state index in [4.69, 9.17) is 9.84 Å². The maximum absolute atomic E-state index is 5.44. The van der Waals surface area contributed by atoms with Gasteiger partial charge in [0, 0.05) is 34.4 Å². The molecule has 3 aromatic rings. The molecule has 0 aliphatic rings. The second-order valence-electron chi connectivity index (χ2n) is 6.35. The number of benzene rings is 2. The largest absolute Gasteiger partial charge is 0.496 e. The molecule has 26 heavy (non-hydrogen) atoms. The molecule has 4 nitrogen and oxygen atoms in total. The van der Waals surface area contributed by atoms with E-state index in [1.807, 2.05) is 18.2 Å². The van der Waals surface area contributed by atoms with Gasteiger partial charge < -0.3 is 10.1 Å². The lowest BCUT2D eigenvalue weighted by molar-refractivity contribution is 0.407. The van der Waals surface area contributed by atoms with Gasteiger partial charge in [0.2, 0.25) is 0 Å². The monoisotopic (exact) mass is 413 g/mol. The van der Waals surface area contributed by atoms with Crippen molar-refractivity contribution in [2.75, 3.05) is 7.11 Å². The second kappa shape index (κ2) is 8.52. The zero-order valence-corrected chi connectivity index (χ0v) is 17.0. The van der Waals surface area contributed by atoms with Crippen LogP contribution in [-0.4, -0.2) is 16.9 Å². The number of hydrogen-bond acceptors (Lipinski definition) is 3. The van der Waals surface area contributed by atoms with E-state index in [0.717, 1.165) is 41.1 Å². The van der Waals surface area contributed by atoms with E-state index in [1.54, 1.807) is 7.11 Å². The standard InChI is InChI=1S/C21H24BrN3O/c1-15-20(13-23-12-18-11-19(22)9-10-21(18)26-3)16(2)25(24-15)14-17-7-5-4-6-8-17/h4-11,23H,12-14H2,1-3H3. The highest BCUT2D eigenvalue weighted by Crippen LogP contribution is 2.23. The number of halogens is 1. The van der Waals surface area contributed by atoms with Crippen LogP contribution in [0.4, 0.5) is 0 Å². The Morgan fingerprint density at radius 3 is 2.58 bits per heavy atom. The lowest BCUT2D eigenvalue weighted by Gasteiger charge is -2.11. The number of nitrogens with zero attached hydrogens (tertiary/aromatic N) is 2. The molecule has 0 aliphatic carbocycles. The van der Waals surface area contributed by atoms with Crippen molar-refractivity contribution in [3.63, 3.8) is 0 Å². The van der Waals surface area contributed by atoms with E-state index in [0.29, 0.717) is 0 Å². The highest BCUT2D eigenvalue weighted by Gasteiger charge is 2.12. The molecule has 0 atom stereocenters. The van der Waals surface area contributed by atoms with Crippen molar-refractivity contribution >= 4 is 15.9 Å². The first-order valence-corrected chi connectivity index (χ1v) is 9.47. The Morgan fingerprint density at radius 2 is 1.85 bits per heavy atom. The number of rotatable bonds is 7. The molecule has 0 saturated heterocycles. The lowest BCUT2D eigenvalue weighted by atomic mass is 10.1. The van der Waals surface area contributed by atoms with Crippen LogP contribution in [0.15, 0.2) is 53.0 Å². The summed E-state index contributed by atoms with van der Waals surface area (Å²) in [7, 11) is 1.70. The van der Waals surface area contributed by atoms with Crippen LogP contribution in [0, 0.1) is 13.8 Å². The fourth-order valence-electron chi connectivity index (χ4n) is 3.11. The molecule has 0 fully saturated rings. The molecule has 1 aromatic heterocycles. The first kappa shape index (κ1) is 18.7. The second-order valence-corrected chi connectivity index (χ2v) is 7.27. The molecule has 136 valence electrons. The minimum absolute atomic E-state index is 0.741. The third-order valence-corrected chi connectivity index (χ3v) is 5.06. The van der Waals surface area contributed by atoms with Crippen molar-refractivity contribution in [3.8, 4) is 5.75 Å². The summed E-state index contributed by atoms with van der Waals surface area (Å²) < 4.78 is 8.58. The molecule has 0 amide bonds. The van der Waals surface area contributed by atoms with Crippen molar-refractivity contribution in [1.29, 1.82) is 0 Å². The number of ether oxygens (including phenoxy) is 1. The number of nitrogens with one attached hydrogen (secondary N) is 1. The maximum Gasteiger partial charge on any atom is 0.123 e.